The monoisotopic (exact) mass is 187 g/mol. The molecule has 0 bridgehead atoms. The first-order valence-electron chi connectivity index (χ1n) is 3.53. The second-order valence-corrected chi connectivity index (χ2v) is 2.53. The van der Waals surface area contributed by atoms with Crippen molar-refractivity contribution in [2.24, 2.45) is 0 Å². The molecule has 0 saturated carbocycles. The Morgan fingerprint density at radius 1 is 1.58 bits per heavy atom. The molecule has 1 N–H and O–H groups in total. The number of rotatable bonds is 4. The molecule has 0 saturated heterocycles. The average Bonchev–Trinajstić information content (AvgIpc) is 2.05. The fourth-order valence-electron chi connectivity index (χ4n) is 0.709. The number of nitrogens with zero attached hydrogens (tertiary/aromatic N) is 2. The van der Waals surface area contributed by atoms with E-state index in [1.807, 2.05) is 0 Å². The van der Waals surface area contributed by atoms with Crippen molar-refractivity contribution in [3.8, 4) is 0 Å². The molecule has 1 heterocycles. The van der Waals surface area contributed by atoms with E-state index in [4.69, 9.17) is 16.3 Å². The summed E-state index contributed by atoms with van der Waals surface area (Å²) in [4.78, 5) is 7.85. The van der Waals surface area contributed by atoms with Crippen LogP contribution in [0.2, 0.25) is 5.15 Å². The first-order chi connectivity index (χ1) is 5.83. The van der Waals surface area contributed by atoms with E-state index < -0.39 is 0 Å². The first kappa shape index (κ1) is 9.22. The molecule has 0 radical (unpaired) electrons. The lowest BCUT2D eigenvalue weighted by atomic mass is 10.6. The first-order valence-corrected chi connectivity index (χ1v) is 3.91. The predicted molar refractivity (Wildman–Crippen MR) is 47.4 cm³/mol. The summed E-state index contributed by atoms with van der Waals surface area (Å²) in [6.45, 7) is 1.33. The van der Waals surface area contributed by atoms with Crippen LogP contribution in [0.25, 0.3) is 0 Å². The fourth-order valence-corrected chi connectivity index (χ4v) is 0.856. The summed E-state index contributed by atoms with van der Waals surface area (Å²) in [7, 11) is 1.64. The number of halogens is 1. The van der Waals surface area contributed by atoms with E-state index in [0.29, 0.717) is 24.1 Å². The van der Waals surface area contributed by atoms with E-state index in [-0.39, 0.29) is 0 Å². The zero-order chi connectivity index (χ0) is 8.81. The van der Waals surface area contributed by atoms with Crippen LogP contribution < -0.4 is 5.32 Å². The molecular weight excluding hydrogens is 178 g/mol. The molecule has 0 fully saturated rings. The minimum atomic E-state index is 0.386. The van der Waals surface area contributed by atoms with Crippen LogP contribution in [0.3, 0.4) is 0 Å². The highest BCUT2D eigenvalue weighted by atomic mass is 35.5. The van der Waals surface area contributed by atoms with Crippen molar-refractivity contribution in [3.05, 3.63) is 17.5 Å². The van der Waals surface area contributed by atoms with Gasteiger partial charge in [-0.25, -0.2) is 4.98 Å². The minimum absolute atomic E-state index is 0.386. The van der Waals surface area contributed by atoms with Gasteiger partial charge in [-0.2, -0.15) is 0 Å². The molecule has 0 aliphatic heterocycles. The summed E-state index contributed by atoms with van der Waals surface area (Å²) < 4.78 is 4.85. The van der Waals surface area contributed by atoms with Crippen LogP contribution in [0.15, 0.2) is 12.4 Å². The van der Waals surface area contributed by atoms with Crippen LogP contribution in [0, 0.1) is 0 Å². The lowest BCUT2D eigenvalue weighted by Crippen LogP contribution is -2.08. The Kier molecular flexibility index (Phi) is 3.76. The van der Waals surface area contributed by atoms with E-state index in [0.717, 1.165) is 0 Å². The van der Waals surface area contributed by atoms with Crippen molar-refractivity contribution >= 4 is 17.4 Å². The Hall–Kier alpha value is -0.870. The Morgan fingerprint density at radius 3 is 3.08 bits per heavy atom. The molecule has 5 heteroatoms. The highest BCUT2D eigenvalue weighted by Crippen LogP contribution is 2.05. The molecule has 0 aromatic carbocycles. The summed E-state index contributed by atoms with van der Waals surface area (Å²) in [5.41, 5.74) is 0. The molecule has 66 valence electrons. The molecule has 0 atom stereocenters. The third kappa shape index (κ3) is 3.02. The Labute approximate surface area is 75.9 Å². The van der Waals surface area contributed by atoms with E-state index in [1.165, 1.54) is 6.20 Å². The van der Waals surface area contributed by atoms with Gasteiger partial charge in [0.25, 0.3) is 0 Å². The Balaban J connectivity index is 2.41. The van der Waals surface area contributed by atoms with E-state index in [2.05, 4.69) is 15.3 Å². The number of methoxy groups -OCH3 is 1. The fraction of sp³-hybridized carbons (Fsp3) is 0.429. The maximum absolute atomic E-state index is 5.61. The van der Waals surface area contributed by atoms with E-state index in [9.17, 15) is 0 Å². The number of hydrogen-bond donors (Lipinski definition) is 1. The van der Waals surface area contributed by atoms with Crippen molar-refractivity contribution in [2.75, 3.05) is 25.6 Å². The van der Waals surface area contributed by atoms with Gasteiger partial charge in [-0.15, -0.1) is 0 Å². The van der Waals surface area contributed by atoms with Crippen LogP contribution in [-0.2, 0) is 4.74 Å². The molecule has 4 nitrogen and oxygen atoms in total. The van der Waals surface area contributed by atoms with Crippen molar-refractivity contribution in [1.29, 1.82) is 0 Å². The summed E-state index contributed by atoms with van der Waals surface area (Å²) in [5.74, 6) is 0.666. The van der Waals surface area contributed by atoms with Crippen LogP contribution in [0.1, 0.15) is 0 Å². The quantitative estimate of drug-likeness (QED) is 0.720. The van der Waals surface area contributed by atoms with E-state index in [1.54, 1.807) is 13.3 Å². The third-order valence-corrected chi connectivity index (χ3v) is 1.40. The molecule has 0 unspecified atom stereocenters. The molecule has 0 spiro atoms. The zero-order valence-corrected chi connectivity index (χ0v) is 7.51. The smallest absolute Gasteiger partial charge is 0.149 e. The lowest BCUT2D eigenvalue weighted by molar-refractivity contribution is 0.210. The van der Waals surface area contributed by atoms with Crippen molar-refractivity contribution in [1.82, 2.24) is 9.97 Å². The Morgan fingerprint density at radius 2 is 2.42 bits per heavy atom. The second-order valence-electron chi connectivity index (χ2n) is 2.15. The van der Waals surface area contributed by atoms with Crippen molar-refractivity contribution < 1.29 is 4.74 Å². The van der Waals surface area contributed by atoms with Crippen LogP contribution in [0.5, 0.6) is 0 Å². The number of hydrogen-bond acceptors (Lipinski definition) is 4. The zero-order valence-electron chi connectivity index (χ0n) is 6.75. The number of nitrogens with one attached hydrogen (secondary N) is 1. The van der Waals surface area contributed by atoms with Crippen LogP contribution in [0.4, 0.5) is 5.82 Å². The van der Waals surface area contributed by atoms with Gasteiger partial charge in [-0.3, -0.25) is 4.98 Å². The van der Waals surface area contributed by atoms with Gasteiger partial charge < -0.3 is 10.1 Å². The summed E-state index contributed by atoms with van der Waals surface area (Å²) in [6, 6.07) is 0. The normalized spacial score (nSPS) is 9.83. The van der Waals surface area contributed by atoms with Gasteiger partial charge in [0.05, 0.1) is 19.0 Å². The predicted octanol–water partition coefficient (Wildman–Crippen LogP) is 1.19. The summed E-state index contributed by atoms with van der Waals surface area (Å²) in [6.07, 6.45) is 3.10. The number of aromatic nitrogens is 2. The topological polar surface area (TPSA) is 47.0 Å². The van der Waals surface area contributed by atoms with Gasteiger partial charge in [-0.1, -0.05) is 11.6 Å². The number of anilines is 1. The minimum Gasteiger partial charge on any atom is -0.383 e. The van der Waals surface area contributed by atoms with Crippen LogP contribution >= 0.6 is 11.6 Å². The SMILES string of the molecule is COCCNc1cncc(Cl)n1. The Bertz CT molecular complexity index is 244. The molecule has 12 heavy (non-hydrogen) atoms. The molecule has 0 amide bonds. The largest absolute Gasteiger partial charge is 0.383 e. The highest BCUT2D eigenvalue weighted by Gasteiger charge is 1.93. The number of ether oxygens (including phenoxy) is 1. The molecule has 1 rings (SSSR count). The lowest BCUT2D eigenvalue weighted by Gasteiger charge is -2.03. The van der Waals surface area contributed by atoms with Gasteiger partial charge in [0.1, 0.15) is 11.0 Å². The third-order valence-electron chi connectivity index (χ3n) is 1.22. The van der Waals surface area contributed by atoms with Crippen molar-refractivity contribution in [2.45, 2.75) is 0 Å². The molecule has 1 aromatic rings. The van der Waals surface area contributed by atoms with Gasteiger partial charge in [-0.05, 0) is 0 Å². The average molecular weight is 188 g/mol. The molecule has 0 aliphatic rings. The van der Waals surface area contributed by atoms with Crippen LogP contribution in [-0.4, -0.2) is 30.2 Å². The van der Waals surface area contributed by atoms with Crippen molar-refractivity contribution in [3.63, 3.8) is 0 Å². The van der Waals surface area contributed by atoms with Gasteiger partial charge >= 0.3 is 0 Å². The van der Waals surface area contributed by atoms with Gasteiger partial charge in [0, 0.05) is 13.7 Å². The molecular formula is C7H10ClN3O. The second kappa shape index (κ2) is 4.90. The maximum Gasteiger partial charge on any atom is 0.149 e. The standard InChI is InChI=1S/C7H10ClN3O/c1-12-3-2-10-7-5-9-4-6(8)11-7/h4-5H,2-3H2,1H3,(H,10,11). The molecule has 1 aromatic heterocycles. The maximum atomic E-state index is 5.61. The summed E-state index contributed by atoms with van der Waals surface area (Å²) in [5, 5.41) is 3.39. The van der Waals surface area contributed by atoms with E-state index >= 15 is 0 Å². The van der Waals surface area contributed by atoms with Gasteiger partial charge in [0.2, 0.25) is 0 Å². The van der Waals surface area contributed by atoms with Gasteiger partial charge in [0.15, 0.2) is 0 Å². The summed E-state index contributed by atoms with van der Waals surface area (Å²) >= 11 is 5.61. The molecule has 0 aliphatic carbocycles. The highest BCUT2D eigenvalue weighted by molar-refractivity contribution is 6.29.